The zero-order valence-corrected chi connectivity index (χ0v) is 49.2. The van der Waals surface area contributed by atoms with Gasteiger partial charge in [-0.25, -0.2) is 4.98 Å². The Labute approximate surface area is 525 Å². The minimum absolute atomic E-state index is 0.276. The molecular formula is C85H52N6. The highest BCUT2D eigenvalue weighted by Crippen LogP contribution is 2.48. The van der Waals surface area contributed by atoms with Gasteiger partial charge >= 0.3 is 0 Å². The molecule has 0 saturated carbocycles. The summed E-state index contributed by atoms with van der Waals surface area (Å²) >= 11 is 0. The molecule has 17 rings (SSSR count). The molecule has 0 aliphatic heterocycles. The lowest BCUT2D eigenvalue weighted by atomic mass is 9.97. The molecule has 13 aromatic carbocycles. The molecule has 4 aromatic heterocycles. The molecule has 6 nitrogen and oxygen atoms in total. The van der Waals surface area contributed by atoms with E-state index in [0.29, 0.717) is 11.4 Å². The Bertz CT molecular complexity index is 5520. The number of hydrogen-bond acceptors (Lipinski definition) is 3. The number of rotatable bonds is 10. The quantitative estimate of drug-likeness (QED) is 0.137. The first-order valence-corrected chi connectivity index (χ1v) is 30.6. The van der Waals surface area contributed by atoms with Gasteiger partial charge in [0.25, 0.3) is 0 Å². The van der Waals surface area contributed by atoms with Gasteiger partial charge in [-0.05, 0) is 157 Å². The van der Waals surface area contributed by atoms with Crippen molar-refractivity contribution in [1.29, 1.82) is 10.5 Å². The minimum Gasteiger partial charge on any atom is -0.307 e. The summed E-state index contributed by atoms with van der Waals surface area (Å²) in [6, 6.07) is 115. The molecule has 0 atom stereocenters. The Morgan fingerprint density at radius 3 is 0.813 bits per heavy atom. The Morgan fingerprint density at radius 2 is 0.516 bits per heavy atom. The largest absolute Gasteiger partial charge is 0.307 e. The highest BCUT2D eigenvalue weighted by Gasteiger charge is 2.30. The van der Waals surface area contributed by atoms with Gasteiger partial charge in [-0.1, -0.05) is 224 Å². The van der Waals surface area contributed by atoms with Crippen molar-refractivity contribution >= 4 is 65.4 Å². The fourth-order valence-corrected chi connectivity index (χ4v) is 13.9. The van der Waals surface area contributed by atoms with Gasteiger partial charge in [-0.15, -0.1) is 0 Å². The van der Waals surface area contributed by atoms with Crippen LogP contribution >= 0.6 is 0 Å². The van der Waals surface area contributed by atoms with E-state index >= 15 is 0 Å². The first-order valence-electron chi connectivity index (χ1n) is 30.6. The average molecular weight is 1160 g/mol. The fraction of sp³-hybridized carbons (Fsp3) is 0. The van der Waals surface area contributed by atoms with Gasteiger partial charge in [0.05, 0.1) is 61.8 Å². The van der Waals surface area contributed by atoms with Gasteiger partial charge in [0.15, 0.2) is 5.82 Å². The Kier molecular flexibility index (Phi) is 12.5. The zero-order chi connectivity index (χ0) is 60.5. The molecule has 0 unspecified atom stereocenters. The second kappa shape index (κ2) is 21.7. The second-order valence-corrected chi connectivity index (χ2v) is 23.3. The van der Waals surface area contributed by atoms with E-state index < -0.39 is 0 Å². The number of fused-ring (bicyclic) bond motifs is 9. The topological polar surface area (TPSA) is 75.3 Å². The van der Waals surface area contributed by atoms with Gasteiger partial charge in [-0.3, -0.25) is 4.57 Å². The molecule has 0 aliphatic rings. The van der Waals surface area contributed by atoms with Crippen LogP contribution in [0.2, 0.25) is 0 Å². The van der Waals surface area contributed by atoms with E-state index in [2.05, 4.69) is 317 Å². The summed E-state index contributed by atoms with van der Waals surface area (Å²) < 4.78 is 7.14. The SMILES string of the molecule is N#Cc1ccc(-c2c(-n3c4ccc(-c5ccccc5)cc4c4cc(-c5ccccc5)ccc43)cnc(-n3c4ccc(-c5ccccc5)cc4c4cc(-c5ccccc5)ccc43)c2-n2c3ccc(-c4ccccc4)cc3c3cc(-c4ccccc4)ccc32)cc1C#N. The highest BCUT2D eigenvalue weighted by atomic mass is 15.1. The summed E-state index contributed by atoms with van der Waals surface area (Å²) in [5.41, 5.74) is 22.9. The molecule has 0 fully saturated rings. The molecule has 6 heteroatoms. The van der Waals surface area contributed by atoms with Crippen molar-refractivity contribution in [3.05, 3.63) is 327 Å². The molecule has 0 aliphatic carbocycles. The smallest absolute Gasteiger partial charge is 0.162 e. The number of nitriles is 2. The van der Waals surface area contributed by atoms with E-state index in [0.717, 1.165) is 155 Å². The lowest BCUT2D eigenvalue weighted by Crippen LogP contribution is -2.11. The summed E-state index contributed by atoms with van der Waals surface area (Å²) in [5.74, 6) is 0.679. The third kappa shape index (κ3) is 8.81. The van der Waals surface area contributed by atoms with Crippen LogP contribution in [0.1, 0.15) is 11.1 Å². The van der Waals surface area contributed by atoms with Crippen LogP contribution in [0, 0.1) is 22.7 Å². The number of aromatic nitrogens is 4. The molecule has 0 N–H and O–H groups in total. The predicted molar refractivity (Wildman–Crippen MR) is 375 cm³/mol. The van der Waals surface area contributed by atoms with E-state index in [1.54, 1.807) is 6.07 Å². The van der Waals surface area contributed by atoms with Crippen LogP contribution in [-0.2, 0) is 0 Å². The van der Waals surface area contributed by atoms with Crippen LogP contribution in [0.4, 0.5) is 0 Å². The summed E-state index contributed by atoms with van der Waals surface area (Å²) in [7, 11) is 0. The zero-order valence-electron chi connectivity index (χ0n) is 49.2. The van der Waals surface area contributed by atoms with Crippen LogP contribution in [0.15, 0.2) is 316 Å². The van der Waals surface area contributed by atoms with Gasteiger partial charge in [0.1, 0.15) is 12.1 Å². The molecule has 91 heavy (non-hydrogen) atoms. The predicted octanol–water partition coefficient (Wildman–Crippen LogP) is 21.8. The lowest BCUT2D eigenvalue weighted by molar-refractivity contribution is 1.01. The van der Waals surface area contributed by atoms with Crippen LogP contribution in [0.25, 0.3) is 160 Å². The van der Waals surface area contributed by atoms with Gasteiger partial charge < -0.3 is 9.13 Å². The maximum atomic E-state index is 11.1. The number of pyridine rings is 1. The van der Waals surface area contributed by atoms with E-state index in [-0.39, 0.29) is 5.56 Å². The van der Waals surface area contributed by atoms with Gasteiger partial charge in [-0.2, -0.15) is 10.5 Å². The Balaban J connectivity index is 1.06. The molecule has 0 spiro atoms. The molecule has 4 heterocycles. The van der Waals surface area contributed by atoms with Crippen molar-refractivity contribution in [3.8, 4) is 107 Å². The second-order valence-electron chi connectivity index (χ2n) is 23.3. The van der Waals surface area contributed by atoms with Crippen molar-refractivity contribution in [2.24, 2.45) is 0 Å². The standard InChI is InChI=1S/C85H52N6/c86-52-68-32-31-67(45-69(68)53-87)83-82(89-76-39-33-61(55-19-7-1-8-20-55)46-70(76)71-47-62(34-40-77(71)89)56-21-9-2-10-22-56)54-88-85(91-80-43-37-65(59-27-15-5-16-28-59)50-74(80)75-51-66(38-44-81(75)91)60-29-17-6-18-30-60)84(83)90-78-41-35-63(57-23-11-3-12-24-57)48-72(78)73-49-64(36-42-79(73)90)58-25-13-4-14-26-58/h1-51,54H. The number of hydrogen-bond donors (Lipinski definition) is 0. The normalized spacial score (nSPS) is 11.5. The summed E-state index contributed by atoms with van der Waals surface area (Å²) in [4.78, 5) is 5.95. The van der Waals surface area contributed by atoms with Crippen LogP contribution in [0.5, 0.6) is 0 Å². The summed E-state index contributed by atoms with van der Waals surface area (Å²) in [6.45, 7) is 0. The van der Waals surface area contributed by atoms with Crippen molar-refractivity contribution in [2.45, 2.75) is 0 Å². The summed E-state index contributed by atoms with van der Waals surface area (Å²) in [5, 5.41) is 28.2. The molecular weight excluding hydrogens is 1100 g/mol. The van der Waals surface area contributed by atoms with Crippen LogP contribution < -0.4 is 0 Å². The lowest BCUT2D eigenvalue weighted by Gasteiger charge is -2.24. The van der Waals surface area contributed by atoms with E-state index in [1.165, 1.54) is 0 Å². The molecule has 422 valence electrons. The van der Waals surface area contributed by atoms with Crippen molar-refractivity contribution < 1.29 is 0 Å². The van der Waals surface area contributed by atoms with Crippen LogP contribution in [-0.4, -0.2) is 18.7 Å². The Hall–Kier alpha value is -12.6. The van der Waals surface area contributed by atoms with E-state index in [9.17, 15) is 10.5 Å². The number of nitrogens with zero attached hydrogens (tertiary/aromatic N) is 6. The van der Waals surface area contributed by atoms with E-state index in [4.69, 9.17) is 4.98 Å². The Morgan fingerprint density at radius 1 is 0.242 bits per heavy atom. The maximum Gasteiger partial charge on any atom is 0.162 e. The molecule has 17 aromatic rings. The first kappa shape index (κ1) is 52.7. The first-order chi connectivity index (χ1) is 45.0. The van der Waals surface area contributed by atoms with Crippen molar-refractivity contribution in [1.82, 2.24) is 18.7 Å². The molecule has 0 radical (unpaired) electrons. The molecule has 0 bridgehead atoms. The third-order valence-electron chi connectivity index (χ3n) is 18.2. The average Bonchev–Trinajstić information content (AvgIpc) is 1.60. The number of benzene rings is 13. The summed E-state index contributed by atoms with van der Waals surface area (Å²) in [6.07, 6.45) is 2.04. The van der Waals surface area contributed by atoms with Crippen LogP contribution in [0.3, 0.4) is 0 Å². The van der Waals surface area contributed by atoms with E-state index in [1.807, 2.05) is 18.3 Å². The maximum absolute atomic E-state index is 11.1. The molecule has 0 saturated heterocycles. The van der Waals surface area contributed by atoms with Gasteiger partial charge in [0, 0.05) is 37.9 Å². The minimum atomic E-state index is 0.276. The monoisotopic (exact) mass is 1160 g/mol. The van der Waals surface area contributed by atoms with Crippen molar-refractivity contribution in [3.63, 3.8) is 0 Å². The fourth-order valence-electron chi connectivity index (χ4n) is 13.9. The molecule has 0 amide bonds. The van der Waals surface area contributed by atoms with Crippen molar-refractivity contribution in [2.75, 3.05) is 0 Å². The third-order valence-corrected chi connectivity index (χ3v) is 18.2. The van der Waals surface area contributed by atoms with Gasteiger partial charge in [0.2, 0.25) is 0 Å². The highest BCUT2D eigenvalue weighted by molar-refractivity contribution is 6.16.